The fraction of sp³-hybridized carbons (Fsp3) is 0.867. The monoisotopic (exact) mass is 1140 g/mol. The molecule has 0 aromatic heterocycles. The molecule has 0 heterocycles. The predicted octanol–water partition coefficient (Wildman–Crippen LogP) is 23.6. The van der Waals surface area contributed by atoms with E-state index in [0.717, 1.165) is 51.4 Å². The van der Waals surface area contributed by atoms with Crippen LogP contribution in [0.5, 0.6) is 0 Å². The molecule has 0 aliphatic carbocycles. The summed E-state index contributed by atoms with van der Waals surface area (Å²) in [6.07, 6.45) is 91.9. The van der Waals surface area contributed by atoms with E-state index < -0.39 is 12.1 Å². The van der Waals surface area contributed by atoms with Gasteiger partial charge >= 0.3 is 5.97 Å². The van der Waals surface area contributed by atoms with Gasteiger partial charge in [0.25, 0.3) is 0 Å². The van der Waals surface area contributed by atoms with Crippen molar-refractivity contribution in [1.29, 1.82) is 0 Å². The third kappa shape index (κ3) is 66.8. The summed E-state index contributed by atoms with van der Waals surface area (Å²) in [6.45, 7) is 4.93. The number of ether oxygens (including phenoxy) is 1. The van der Waals surface area contributed by atoms with Gasteiger partial charge in [0.05, 0.1) is 25.4 Å². The standard InChI is InChI=1S/C75H141NO5/c1-3-5-7-9-11-13-15-17-19-21-23-29-32-35-39-43-47-51-55-59-63-67-73(78)72(71-77)76-74(79)68-64-60-56-52-48-44-40-36-33-30-27-25-24-26-28-31-34-38-42-46-50-54-58-62-66-70-81-75(80)69-65-61-57-53-49-45-41-37-22-20-18-16-14-12-10-8-6-4-2/h20,22,25-28,63,67,72-73,77-78H,3-19,21,23-24,29-62,64-66,68-71H2,1-2H3,(H,76,79)/b22-20-,27-25-,28-26-,67-63+. The van der Waals surface area contributed by atoms with Crippen LogP contribution in [0.3, 0.4) is 0 Å². The van der Waals surface area contributed by atoms with Crippen molar-refractivity contribution in [2.45, 2.75) is 405 Å². The molecule has 0 aromatic carbocycles. The second-order valence-corrected chi connectivity index (χ2v) is 24.9. The molecule has 0 bridgehead atoms. The highest BCUT2D eigenvalue weighted by Gasteiger charge is 2.18. The summed E-state index contributed by atoms with van der Waals surface area (Å²) in [4.78, 5) is 24.6. The Labute approximate surface area is 506 Å². The van der Waals surface area contributed by atoms with Gasteiger partial charge in [-0.2, -0.15) is 0 Å². The number of allylic oxidation sites excluding steroid dienone is 7. The average molecular weight is 1140 g/mol. The summed E-state index contributed by atoms with van der Waals surface area (Å²) in [5.41, 5.74) is 0. The molecule has 1 amide bonds. The van der Waals surface area contributed by atoms with Crippen molar-refractivity contribution in [3.63, 3.8) is 0 Å². The smallest absolute Gasteiger partial charge is 0.305 e. The molecule has 0 fully saturated rings. The molecule has 2 unspecified atom stereocenters. The molecule has 6 nitrogen and oxygen atoms in total. The summed E-state index contributed by atoms with van der Waals surface area (Å²) in [6, 6.07) is -0.635. The Morgan fingerprint density at radius 3 is 0.951 bits per heavy atom. The molecular formula is C75H141NO5. The number of carbonyl (C=O) groups excluding carboxylic acids is 2. The number of amides is 1. The number of unbranched alkanes of at least 4 members (excludes halogenated alkanes) is 51. The zero-order valence-corrected chi connectivity index (χ0v) is 54.5. The van der Waals surface area contributed by atoms with E-state index in [1.165, 1.54) is 315 Å². The molecule has 3 N–H and O–H groups in total. The first-order valence-corrected chi connectivity index (χ1v) is 36.4. The van der Waals surface area contributed by atoms with Gasteiger partial charge in [0.1, 0.15) is 0 Å². The fourth-order valence-electron chi connectivity index (χ4n) is 11.3. The lowest BCUT2D eigenvalue weighted by atomic mass is 10.0. The van der Waals surface area contributed by atoms with E-state index in [4.69, 9.17) is 4.74 Å². The minimum Gasteiger partial charge on any atom is -0.466 e. The predicted molar refractivity (Wildman–Crippen MR) is 356 cm³/mol. The fourth-order valence-corrected chi connectivity index (χ4v) is 11.3. The van der Waals surface area contributed by atoms with Gasteiger partial charge in [-0.05, 0) is 89.9 Å². The molecule has 81 heavy (non-hydrogen) atoms. The van der Waals surface area contributed by atoms with Crippen molar-refractivity contribution in [3.8, 4) is 0 Å². The quantitative estimate of drug-likeness (QED) is 0.0320. The van der Waals surface area contributed by atoms with E-state index in [0.29, 0.717) is 19.4 Å². The second-order valence-electron chi connectivity index (χ2n) is 24.9. The second kappa shape index (κ2) is 70.3. The molecule has 6 heteroatoms. The molecule has 0 saturated carbocycles. The van der Waals surface area contributed by atoms with Crippen molar-refractivity contribution in [2.24, 2.45) is 0 Å². The Morgan fingerprint density at radius 1 is 0.346 bits per heavy atom. The molecule has 0 saturated heterocycles. The lowest BCUT2D eigenvalue weighted by Gasteiger charge is -2.20. The third-order valence-corrected chi connectivity index (χ3v) is 16.8. The van der Waals surface area contributed by atoms with Gasteiger partial charge in [0.2, 0.25) is 5.91 Å². The molecule has 476 valence electrons. The van der Waals surface area contributed by atoms with E-state index in [1.807, 2.05) is 6.08 Å². The van der Waals surface area contributed by atoms with Crippen molar-refractivity contribution < 1.29 is 24.5 Å². The number of hydrogen-bond acceptors (Lipinski definition) is 5. The van der Waals surface area contributed by atoms with E-state index >= 15 is 0 Å². The summed E-state index contributed by atoms with van der Waals surface area (Å²) in [5.74, 6) is -0.0650. The van der Waals surface area contributed by atoms with Crippen LogP contribution < -0.4 is 5.32 Å². The van der Waals surface area contributed by atoms with Crippen LogP contribution in [0.2, 0.25) is 0 Å². The minimum atomic E-state index is -0.851. The number of carbonyl (C=O) groups is 2. The topological polar surface area (TPSA) is 95.9 Å². The van der Waals surface area contributed by atoms with Crippen molar-refractivity contribution in [1.82, 2.24) is 5.32 Å². The maximum absolute atomic E-state index is 12.5. The van der Waals surface area contributed by atoms with E-state index in [1.54, 1.807) is 6.08 Å². The third-order valence-electron chi connectivity index (χ3n) is 16.8. The van der Waals surface area contributed by atoms with E-state index in [9.17, 15) is 19.8 Å². The molecule has 0 aliphatic rings. The first kappa shape index (κ1) is 78.8. The SMILES string of the molecule is CCCCCCCCC/C=C\CCCCCCCCCC(=O)OCCCCCCCCCCC/C=C\C/C=C\CCCCCCCCCCCC(=O)NC(CO)C(O)/C=C/CCCCCCCCCCCCCCCCCCCCC. The van der Waals surface area contributed by atoms with Gasteiger partial charge in [-0.15, -0.1) is 0 Å². The zero-order valence-electron chi connectivity index (χ0n) is 54.5. The van der Waals surface area contributed by atoms with Gasteiger partial charge in [0, 0.05) is 12.8 Å². The van der Waals surface area contributed by atoms with Crippen LogP contribution in [-0.2, 0) is 14.3 Å². The Balaban J connectivity index is 3.45. The van der Waals surface area contributed by atoms with Crippen LogP contribution in [0, 0.1) is 0 Å². The number of esters is 1. The number of nitrogens with one attached hydrogen (secondary N) is 1. The number of aliphatic hydroxyl groups is 2. The Hall–Kier alpha value is -2.18. The largest absolute Gasteiger partial charge is 0.466 e. The zero-order chi connectivity index (χ0) is 58.5. The first-order chi connectivity index (χ1) is 40.0. The maximum atomic E-state index is 12.5. The van der Waals surface area contributed by atoms with E-state index in [2.05, 4.69) is 55.6 Å². The highest BCUT2D eigenvalue weighted by atomic mass is 16.5. The van der Waals surface area contributed by atoms with Gasteiger partial charge in [-0.25, -0.2) is 0 Å². The van der Waals surface area contributed by atoms with Crippen LogP contribution in [0.1, 0.15) is 393 Å². The average Bonchev–Trinajstić information content (AvgIpc) is 3.47. The first-order valence-electron chi connectivity index (χ1n) is 36.4. The molecular weight excluding hydrogens is 995 g/mol. The maximum Gasteiger partial charge on any atom is 0.305 e. The van der Waals surface area contributed by atoms with Crippen LogP contribution in [0.15, 0.2) is 48.6 Å². The van der Waals surface area contributed by atoms with Gasteiger partial charge in [-0.3, -0.25) is 9.59 Å². The Morgan fingerprint density at radius 2 is 0.617 bits per heavy atom. The summed E-state index contributed by atoms with van der Waals surface area (Å²) >= 11 is 0. The van der Waals surface area contributed by atoms with Crippen LogP contribution >= 0.6 is 0 Å². The van der Waals surface area contributed by atoms with E-state index in [-0.39, 0.29) is 18.5 Å². The number of aliphatic hydroxyl groups excluding tert-OH is 2. The summed E-state index contributed by atoms with van der Waals surface area (Å²) in [5, 5.41) is 23.2. The lowest BCUT2D eigenvalue weighted by molar-refractivity contribution is -0.143. The molecule has 0 aromatic rings. The number of rotatable bonds is 68. The van der Waals surface area contributed by atoms with Crippen molar-refractivity contribution >= 4 is 11.9 Å². The normalized spacial score (nSPS) is 12.8. The molecule has 0 radical (unpaired) electrons. The molecule has 2 atom stereocenters. The van der Waals surface area contributed by atoms with Crippen LogP contribution in [-0.4, -0.2) is 47.4 Å². The Kier molecular flexibility index (Phi) is 68.4. The van der Waals surface area contributed by atoms with Crippen molar-refractivity contribution in [2.75, 3.05) is 13.2 Å². The number of hydrogen-bond donors (Lipinski definition) is 3. The van der Waals surface area contributed by atoms with Gasteiger partial charge in [-0.1, -0.05) is 339 Å². The molecule has 0 rings (SSSR count). The highest BCUT2D eigenvalue weighted by molar-refractivity contribution is 5.76. The minimum absolute atomic E-state index is 0.00602. The van der Waals surface area contributed by atoms with Crippen molar-refractivity contribution in [3.05, 3.63) is 48.6 Å². The summed E-state index contributed by atoms with van der Waals surface area (Å²) in [7, 11) is 0. The van der Waals surface area contributed by atoms with Gasteiger partial charge in [0.15, 0.2) is 0 Å². The van der Waals surface area contributed by atoms with Crippen LogP contribution in [0.4, 0.5) is 0 Å². The lowest BCUT2D eigenvalue weighted by Crippen LogP contribution is -2.45. The summed E-state index contributed by atoms with van der Waals surface area (Å²) < 4.78 is 5.50. The molecule has 0 aliphatic heterocycles. The highest BCUT2D eigenvalue weighted by Crippen LogP contribution is 2.18. The molecule has 0 spiro atoms. The van der Waals surface area contributed by atoms with Crippen LogP contribution in [0.25, 0.3) is 0 Å². The van der Waals surface area contributed by atoms with Gasteiger partial charge < -0.3 is 20.3 Å². The Bertz CT molecular complexity index is 1360.